The first-order chi connectivity index (χ1) is 10.2. The van der Waals surface area contributed by atoms with Crippen LogP contribution in [0.4, 0.5) is 0 Å². The maximum absolute atomic E-state index is 5.51. The standard InChI is InChI=1S/C15H28N4O2/c1-14-11-18(7-9-20-14)5-3-16-13-17-4-6-19-8-10-21-15(2)12-19/h14-15H,3-12H2,1-2H3. The molecule has 0 N–H and O–H groups in total. The van der Waals surface area contributed by atoms with Gasteiger partial charge in [0.15, 0.2) is 0 Å². The Kier molecular flexibility index (Phi) is 7.33. The van der Waals surface area contributed by atoms with Gasteiger partial charge in [-0.05, 0) is 13.8 Å². The van der Waals surface area contributed by atoms with Crippen LogP contribution in [0.15, 0.2) is 9.98 Å². The first-order valence-corrected chi connectivity index (χ1v) is 8.00. The zero-order valence-corrected chi connectivity index (χ0v) is 13.3. The fourth-order valence-electron chi connectivity index (χ4n) is 2.72. The number of ether oxygens (including phenoxy) is 2. The molecule has 2 heterocycles. The predicted molar refractivity (Wildman–Crippen MR) is 83.3 cm³/mol. The van der Waals surface area contributed by atoms with E-state index in [0.717, 1.165) is 65.6 Å². The SMILES string of the molecule is CC1CN(CCN=C=NCCN2CCOC(C)C2)CCO1. The molecule has 2 fully saturated rings. The van der Waals surface area contributed by atoms with Crippen molar-refractivity contribution in [3.8, 4) is 0 Å². The summed E-state index contributed by atoms with van der Waals surface area (Å²) in [6.07, 6.45) is 0.680. The van der Waals surface area contributed by atoms with Crippen molar-refractivity contribution in [3.63, 3.8) is 0 Å². The summed E-state index contributed by atoms with van der Waals surface area (Å²) in [7, 11) is 0. The molecule has 0 amide bonds. The molecular weight excluding hydrogens is 268 g/mol. The molecule has 6 heteroatoms. The van der Waals surface area contributed by atoms with Crippen molar-refractivity contribution in [1.82, 2.24) is 9.80 Å². The second-order valence-electron chi connectivity index (χ2n) is 5.83. The summed E-state index contributed by atoms with van der Waals surface area (Å²) in [5, 5.41) is 0. The average Bonchev–Trinajstić information content (AvgIpc) is 2.46. The highest BCUT2D eigenvalue weighted by Crippen LogP contribution is 2.04. The summed E-state index contributed by atoms with van der Waals surface area (Å²) in [5.41, 5.74) is 0. The minimum Gasteiger partial charge on any atom is -0.376 e. The predicted octanol–water partition coefficient (Wildman–Crippen LogP) is 0.602. The minimum absolute atomic E-state index is 0.340. The number of hydrogen-bond acceptors (Lipinski definition) is 6. The first-order valence-electron chi connectivity index (χ1n) is 8.00. The lowest BCUT2D eigenvalue weighted by molar-refractivity contribution is -0.0170. The van der Waals surface area contributed by atoms with Crippen molar-refractivity contribution in [2.75, 3.05) is 65.6 Å². The Labute approximate surface area is 127 Å². The van der Waals surface area contributed by atoms with Crippen LogP contribution >= 0.6 is 0 Å². The van der Waals surface area contributed by atoms with E-state index < -0.39 is 0 Å². The fraction of sp³-hybridized carbons (Fsp3) is 0.933. The highest BCUT2D eigenvalue weighted by Gasteiger charge is 2.16. The molecule has 0 aliphatic carbocycles. The highest BCUT2D eigenvalue weighted by molar-refractivity contribution is 5.40. The molecule has 0 spiro atoms. The lowest BCUT2D eigenvalue weighted by Gasteiger charge is -2.30. The molecule has 0 bridgehead atoms. The molecule has 6 nitrogen and oxygen atoms in total. The highest BCUT2D eigenvalue weighted by atomic mass is 16.5. The van der Waals surface area contributed by atoms with Gasteiger partial charge in [0.25, 0.3) is 0 Å². The maximum atomic E-state index is 5.51. The van der Waals surface area contributed by atoms with Gasteiger partial charge in [0.2, 0.25) is 0 Å². The van der Waals surface area contributed by atoms with Gasteiger partial charge in [0, 0.05) is 39.3 Å². The van der Waals surface area contributed by atoms with E-state index in [4.69, 9.17) is 9.47 Å². The Balaban J connectivity index is 1.54. The molecule has 2 saturated heterocycles. The van der Waals surface area contributed by atoms with Gasteiger partial charge in [0.05, 0.1) is 44.5 Å². The Morgan fingerprint density at radius 3 is 1.81 bits per heavy atom. The molecule has 2 unspecified atom stereocenters. The summed E-state index contributed by atoms with van der Waals surface area (Å²) < 4.78 is 11.0. The third-order valence-electron chi connectivity index (χ3n) is 3.85. The van der Waals surface area contributed by atoms with E-state index in [2.05, 4.69) is 39.6 Å². The van der Waals surface area contributed by atoms with Crippen molar-refractivity contribution in [1.29, 1.82) is 0 Å². The van der Waals surface area contributed by atoms with E-state index in [1.807, 2.05) is 0 Å². The number of nitrogens with zero attached hydrogens (tertiary/aromatic N) is 4. The smallest absolute Gasteiger partial charge is 0.0893 e. The summed E-state index contributed by atoms with van der Waals surface area (Å²) in [6.45, 7) is 13.4. The summed E-state index contributed by atoms with van der Waals surface area (Å²) in [4.78, 5) is 13.3. The number of aliphatic imine (C=N–C) groups is 2. The Hall–Kier alpha value is -0.780. The Morgan fingerprint density at radius 1 is 0.905 bits per heavy atom. The van der Waals surface area contributed by atoms with Crippen LogP contribution in [0.2, 0.25) is 0 Å². The Bertz CT molecular complexity index is 328. The van der Waals surface area contributed by atoms with Gasteiger partial charge in [-0.15, -0.1) is 0 Å². The number of hydrogen-bond donors (Lipinski definition) is 0. The van der Waals surface area contributed by atoms with E-state index in [1.54, 1.807) is 0 Å². The average molecular weight is 296 g/mol. The molecule has 0 saturated carbocycles. The van der Waals surface area contributed by atoms with Crippen LogP contribution in [-0.2, 0) is 9.47 Å². The van der Waals surface area contributed by atoms with Crippen LogP contribution in [0.3, 0.4) is 0 Å². The van der Waals surface area contributed by atoms with Gasteiger partial charge in [-0.3, -0.25) is 9.80 Å². The molecule has 0 radical (unpaired) electrons. The second-order valence-corrected chi connectivity index (χ2v) is 5.83. The quantitative estimate of drug-likeness (QED) is 0.674. The molecule has 0 aromatic carbocycles. The normalized spacial score (nSPS) is 28.1. The van der Waals surface area contributed by atoms with Crippen LogP contribution in [0.1, 0.15) is 13.8 Å². The zero-order valence-electron chi connectivity index (χ0n) is 13.3. The lowest BCUT2D eigenvalue weighted by Crippen LogP contribution is -2.42. The monoisotopic (exact) mass is 296 g/mol. The van der Waals surface area contributed by atoms with Crippen LogP contribution in [0.5, 0.6) is 0 Å². The molecule has 2 aliphatic rings. The molecule has 2 aliphatic heterocycles. The Morgan fingerprint density at radius 2 is 1.38 bits per heavy atom. The summed E-state index contributed by atoms with van der Waals surface area (Å²) >= 11 is 0. The molecule has 0 aromatic rings. The second kappa shape index (κ2) is 9.28. The third kappa shape index (κ3) is 6.68. The third-order valence-corrected chi connectivity index (χ3v) is 3.85. The molecule has 2 atom stereocenters. The summed E-state index contributed by atoms with van der Waals surface area (Å²) in [5.74, 6) is 0. The van der Waals surface area contributed by atoms with E-state index in [0.29, 0.717) is 12.2 Å². The van der Waals surface area contributed by atoms with Gasteiger partial charge in [-0.25, -0.2) is 9.98 Å². The van der Waals surface area contributed by atoms with Crippen molar-refractivity contribution in [2.45, 2.75) is 26.1 Å². The van der Waals surface area contributed by atoms with Gasteiger partial charge in [-0.2, -0.15) is 0 Å². The van der Waals surface area contributed by atoms with Gasteiger partial charge >= 0.3 is 0 Å². The summed E-state index contributed by atoms with van der Waals surface area (Å²) in [6, 6.07) is 2.82. The first kappa shape index (κ1) is 16.6. The van der Waals surface area contributed by atoms with Crippen molar-refractivity contribution >= 4 is 6.01 Å². The van der Waals surface area contributed by atoms with Crippen LogP contribution in [0.25, 0.3) is 0 Å². The lowest BCUT2D eigenvalue weighted by atomic mass is 10.3. The van der Waals surface area contributed by atoms with Crippen molar-refractivity contribution < 1.29 is 9.47 Å². The van der Waals surface area contributed by atoms with Crippen molar-refractivity contribution in [3.05, 3.63) is 0 Å². The van der Waals surface area contributed by atoms with Crippen LogP contribution < -0.4 is 0 Å². The van der Waals surface area contributed by atoms with E-state index in [9.17, 15) is 0 Å². The van der Waals surface area contributed by atoms with E-state index in [1.165, 1.54) is 0 Å². The van der Waals surface area contributed by atoms with Gasteiger partial charge < -0.3 is 9.47 Å². The topological polar surface area (TPSA) is 49.7 Å². The maximum Gasteiger partial charge on any atom is 0.0893 e. The van der Waals surface area contributed by atoms with E-state index in [-0.39, 0.29) is 0 Å². The molecular formula is C15H28N4O2. The van der Waals surface area contributed by atoms with Crippen molar-refractivity contribution in [2.24, 2.45) is 9.98 Å². The number of morpholine rings is 2. The molecule has 2 rings (SSSR count). The molecule has 21 heavy (non-hydrogen) atoms. The molecule has 120 valence electrons. The van der Waals surface area contributed by atoms with E-state index >= 15 is 0 Å². The molecule has 0 aromatic heterocycles. The fourth-order valence-corrected chi connectivity index (χ4v) is 2.72. The van der Waals surface area contributed by atoms with Gasteiger partial charge in [0.1, 0.15) is 0 Å². The zero-order chi connectivity index (χ0) is 14.9. The number of rotatable bonds is 6. The van der Waals surface area contributed by atoms with Crippen LogP contribution in [-0.4, -0.2) is 93.6 Å². The largest absolute Gasteiger partial charge is 0.376 e. The van der Waals surface area contributed by atoms with Crippen LogP contribution in [0, 0.1) is 0 Å². The van der Waals surface area contributed by atoms with Gasteiger partial charge in [-0.1, -0.05) is 0 Å². The minimum atomic E-state index is 0.340.